The molecule has 0 saturated carbocycles. The third-order valence-electron chi connectivity index (χ3n) is 5.03. The number of rotatable bonds is 8. The topological polar surface area (TPSA) is 24.8 Å². The monoisotopic (exact) mass is 440 g/mol. The Morgan fingerprint density at radius 1 is 1.00 bits per heavy atom. The number of likely N-dealkylation sites (tertiary alicyclic amines) is 1. The first-order chi connectivity index (χ1) is 13.2. The third kappa shape index (κ3) is 7.29. The van der Waals surface area contributed by atoms with Crippen molar-refractivity contribution < 1.29 is 4.84 Å². The molecule has 1 aliphatic heterocycles. The number of oxime groups is 1. The van der Waals surface area contributed by atoms with Gasteiger partial charge in [0.1, 0.15) is 6.61 Å². The summed E-state index contributed by atoms with van der Waals surface area (Å²) >= 11 is 12.3. The van der Waals surface area contributed by atoms with E-state index in [-0.39, 0.29) is 12.4 Å². The Morgan fingerprint density at radius 3 is 2.36 bits per heavy atom. The van der Waals surface area contributed by atoms with E-state index in [1.165, 1.54) is 18.5 Å². The van der Waals surface area contributed by atoms with Crippen molar-refractivity contribution in [2.24, 2.45) is 11.1 Å². The van der Waals surface area contributed by atoms with Crippen LogP contribution in [0, 0.1) is 5.92 Å². The molecule has 0 atom stereocenters. The molecule has 2 aromatic rings. The summed E-state index contributed by atoms with van der Waals surface area (Å²) in [5, 5.41) is 5.36. The minimum absolute atomic E-state index is 0. The molecule has 28 heavy (non-hydrogen) atoms. The van der Waals surface area contributed by atoms with Crippen LogP contribution >= 0.6 is 35.6 Å². The normalized spacial score (nSPS) is 15.5. The Morgan fingerprint density at radius 2 is 1.68 bits per heavy atom. The maximum absolute atomic E-state index is 6.13. The number of hydrogen-bond acceptors (Lipinski definition) is 3. The summed E-state index contributed by atoms with van der Waals surface area (Å²) in [6.45, 7) is 3.72. The average molecular weight is 442 g/mol. The van der Waals surface area contributed by atoms with Crippen molar-refractivity contribution in [2.75, 3.05) is 19.6 Å². The Bertz CT molecular complexity index is 712. The molecule has 3 nitrogen and oxygen atoms in total. The lowest BCUT2D eigenvalue weighted by Crippen LogP contribution is -2.35. The van der Waals surface area contributed by atoms with E-state index >= 15 is 0 Å². The molecule has 0 radical (unpaired) electrons. The van der Waals surface area contributed by atoms with Crippen molar-refractivity contribution in [3.05, 3.63) is 69.7 Å². The van der Waals surface area contributed by atoms with E-state index < -0.39 is 0 Å². The Labute approximate surface area is 184 Å². The van der Waals surface area contributed by atoms with E-state index in [2.05, 4.69) is 40.4 Å². The lowest BCUT2D eigenvalue weighted by Gasteiger charge is -2.30. The summed E-state index contributed by atoms with van der Waals surface area (Å²) in [4.78, 5) is 7.97. The van der Waals surface area contributed by atoms with Gasteiger partial charge in [-0.1, -0.05) is 64.8 Å². The van der Waals surface area contributed by atoms with Crippen LogP contribution in [0.5, 0.6) is 0 Å². The molecule has 1 saturated heterocycles. The van der Waals surface area contributed by atoms with Gasteiger partial charge in [0.2, 0.25) is 0 Å². The van der Waals surface area contributed by atoms with Gasteiger partial charge in [0.05, 0.1) is 0 Å². The molecule has 1 aliphatic rings. The van der Waals surface area contributed by atoms with Crippen molar-refractivity contribution >= 4 is 41.8 Å². The quantitative estimate of drug-likeness (QED) is 0.356. The molecule has 1 fully saturated rings. The first-order valence-electron chi connectivity index (χ1n) is 9.57. The number of benzene rings is 2. The first-order valence-corrected chi connectivity index (χ1v) is 10.3. The van der Waals surface area contributed by atoms with Gasteiger partial charge in [-0.05, 0) is 68.9 Å². The Balaban J connectivity index is 0.00000280. The second kappa shape index (κ2) is 12.3. The zero-order valence-electron chi connectivity index (χ0n) is 15.9. The summed E-state index contributed by atoms with van der Waals surface area (Å²) in [5.74, 6) is 0.483. The van der Waals surface area contributed by atoms with E-state index in [9.17, 15) is 0 Å². The first kappa shape index (κ1) is 23.0. The maximum atomic E-state index is 6.13. The van der Waals surface area contributed by atoms with Crippen molar-refractivity contribution in [1.82, 2.24) is 4.90 Å². The van der Waals surface area contributed by atoms with Crippen LogP contribution in [0.4, 0.5) is 0 Å². The van der Waals surface area contributed by atoms with Crippen molar-refractivity contribution in [3.63, 3.8) is 0 Å². The summed E-state index contributed by atoms with van der Waals surface area (Å²) in [6.07, 6.45) is 6.56. The molecular formula is C22H27Cl3N2O. The van der Waals surface area contributed by atoms with E-state index in [0.717, 1.165) is 37.9 Å². The van der Waals surface area contributed by atoms with Crippen molar-refractivity contribution in [2.45, 2.75) is 32.3 Å². The molecule has 0 bridgehead atoms. The Kier molecular flexibility index (Phi) is 10.1. The molecule has 0 amide bonds. The van der Waals surface area contributed by atoms with Crippen LogP contribution in [0.2, 0.25) is 10.0 Å². The summed E-state index contributed by atoms with van der Waals surface area (Å²) in [5.41, 5.74) is 2.21. The number of piperidine rings is 1. The summed E-state index contributed by atoms with van der Waals surface area (Å²) < 4.78 is 0. The molecular weight excluding hydrogens is 415 g/mol. The fourth-order valence-corrected chi connectivity index (χ4v) is 3.88. The van der Waals surface area contributed by atoms with Crippen LogP contribution < -0.4 is 0 Å². The molecule has 6 heteroatoms. The van der Waals surface area contributed by atoms with E-state index in [4.69, 9.17) is 28.0 Å². The largest absolute Gasteiger partial charge is 0.391 e. The molecule has 0 aromatic heterocycles. The lowest BCUT2D eigenvalue weighted by atomic mass is 9.98. The summed E-state index contributed by atoms with van der Waals surface area (Å²) in [6, 6.07) is 16.2. The number of aryl methyl sites for hydroxylation is 1. The molecule has 152 valence electrons. The van der Waals surface area contributed by atoms with E-state index in [1.807, 2.05) is 24.4 Å². The predicted molar refractivity (Wildman–Crippen MR) is 121 cm³/mol. The highest BCUT2D eigenvalue weighted by molar-refractivity contribution is 6.35. The van der Waals surface area contributed by atoms with Crippen LogP contribution in [-0.4, -0.2) is 30.7 Å². The minimum Gasteiger partial charge on any atom is -0.391 e. The van der Waals surface area contributed by atoms with Crippen molar-refractivity contribution in [3.8, 4) is 0 Å². The second-order valence-corrected chi connectivity index (χ2v) is 7.81. The fraction of sp³-hybridized carbons (Fsp3) is 0.409. The van der Waals surface area contributed by atoms with Gasteiger partial charge >= 0.3 is 0 Å². The minimum atomic E-state index is 0. The second-order valence-electron chi connectivity index (χ2n) is 7.00. The predicted octanol–water partition coefficient (Wildman–Crippen LogP) is 6.26. The number of halogens is 3. The van der Waals surface area contributed by atoms with Crippen LogP contribution in [0.1, 0.15) is 30.4 Å². The van der Waals surface area contributed by atoms with Gasteiger partial charge in [-0.3, -0.25) is 0 Å². The van der Waals surface area contributed by atoms with Crippen LogP contribution in [0.3, 0.4) is 0 Å². The van der Waals surface area contributed by atoms with E-state index in [0.29, 0.717) is 22.6 Å². The molecule has 2 aromatic carbocycles. The van der Waals surface area contributed by atoms with E-state index in [1.54, 1.807) is 0 Å². The van der Waals surface area contributed by atoms with Crippen molar-refractivity contribution in [1.29, 1.82) is 0 Å². The smallest absolute Gasteiger partial charge is 0.145 e. The van der Waals surface area contributed by atoms with Crippen LogP contribution in [0.15, 0.2) is 53.7 Å². The zero-order valence-corrected chi connectivity index (χ0v) is 18.2. The van der Waals surface area contributed by atoms with Crippen LogP contribution in [0.25, 0.3) is 0 Å². The maximum Gasteiger partial charge on any atom is 0.145 e. The van der Waals surface area contributed by atoms with Gasteiger partial charge < -0.3 is 9.74 Å². The van der Waals surface area contributed by atoms with Gasteiger partial charge in [0.25, 0.3) is 0 Å². The van der Waals surface area contributed by atoms with Gasteiger partial charge in [0.15, 0.2) is 0 Å². The molecule has 0 aliphatic carbocycles. The number of hydrogen-bond donors (Lipinski definition) is 0. The number of nitrogens with zero attached hydrogens (tertiary/aromatic N) is 2. The van der Waals surface area contributed by atoms with Gasteiger partial charge in [-0.15, -0.1) is 12.4 Å². The molecule has 0 unspecified atom stereocenters. The standard InChI is InChI=1S/C22H26Cl2N2O.ClH/c23-21-9-4-10-22(24)20(21)17-27-25-16-19-11-14-26(15-12-19)13-5-8-18-6-2-1-3-7-18;/h1-4,6-7,9-10,16,19H,5,8,11-15,17H2;1H. The highest BCUT2D eigenvalue weighted by Crippen LogP contribution is 2.25. The fourth-order valence-electron chi connectivity index (χ4n) is 3.38. The molecule has 0 N–H and O–H groups in total. The highest BCUT2D eigenvalue weighted by atomic mass is 35.5. The zero-order chi connectivity index (χ0) is 18.9. The molecule has 1 heterocycles. The Hall–Kier alpha value is -1.26. The molecule has 0 spiro atoms. The third-order valence-corrected chi connectivity index (χ3v) is 5.74. The highest BCUT2D eigenvalue weighted by Gasteiger charge is 2.17. The van der Waals surface area contributed by atoms with Crippen LogP contribution in [-0.2, 0) is 17.9 Å². The molecule has 3 rings (SSSR count). The van der Waals surface area contributed by atoms with Gasteiger partial charge in [-0.2, -0.15) is 0 Å². The van der Waals surface area contributed by atoms with Gasteiger partial charge in [0, 0.05) is 21.8 Å². The lowest BCUT2D eigenvalue weighted by molar-refractivity contribution is 0.129. The SMILES string of the molecule is Cl.Clc1cccc(Cl)c1CON=CC1CCN(CCCc2ccccc2)CC1. The average Bonchev–Trinajstić information content (AvgIpc) is 2.69. The van der Waals surface area contributed by atoms with Gasteiger partial charge in [-0.25, -0.2) is 0 Å². The summed E-state index contributed by atoms with van der Waals surface area (Å²) in [7, 11) is 0.